The van der Waals surface area contributed by atoms with Crippen LogP contribution in [-0.2, 0) is 26.2 Å². The zero-order chi connectivity index (χ0) is 104. The van der Waals surface area contributed by atoms with E-state index in [0.29, 0.717) is 81.8 Å². The number of halogens is 14. The molecule has 9 aromatic rings. The molecule has 0 bridgehead atoms. The highest BCUT2D eigenvalue weighted by Gasteiger charge is 2.40. The molecule has 12 N–H and O–H groups in total. The molecule has 7 aromatic heterocycles. The van der Waals surface area contributed by atoms with E-state index < -0.39 is 76.3 Å². The van der Waals surface area contributed by atoms with E-state index in [1.165, 1.54) is 55.0 Å². The molecule has 786 valence electrons. The Morgan fingerprint density at radius 3 is 1.14 bits per heavy atom. The van der Waals surface area contributed by atoms with Gasteiger partial charge in [0.05, 0.1) is 31.9 Å². The highest BCUT2D eigenvalue weighted by molar-refractivity contribution is 5.60. The Balaban J connectivity index is 0.000000172. The Kier molecular flexibility index (Phi) is 39.9. The number of hydrogen-bond donors (Lipinski definition) is 12. The minimum atomic E-state index is -4.87. The van der Waals surface area contributed by atoms with Crippen molar-refractivity contribution >= 4 is 69.8 Å². The highest BCUT2D eigenvalue weighted by atomic mass is 19.4. The van der Waals surface area contributed by atoms with Crippen LogP contribution < -0.4 is 72.1 Å². The normalized spacial score (nSPS) is 19.6. The first-order valence-corrected chi connectivity index (χ1v) is 46.6. The van der Waals surface area contributed by atoms with Gasteiger partial charge in [0.15, 0.2) is 6.61 Å². The third kappa shape index (κ3) is 35.9. The van der Waals surface area contributed by atoms with Gasteiger partial charge in [0.1, 0.15) is 54.9 Å². The van der Waals surface area contributed by atoms with Gasteiger partial charge in [0.2, 0.25) is 52.9 Å². The van der Waals surface area contributed by atoms with Gasteiger partial charge in [0, 0.05) is 175 Å². The molecule has 0 unspecified atom stereocenters. The van der Waals surface area contributed by atoms with Crippen molar-refractivity contribution in [3.63, 3.8) is 0 Å². The monoisotopic (exact) mass is 2060 g/mol. The van der Waals surface area contributed by atoms with Crippen molar-refractivity contribution in [2.45, 2.75) is 197 Å². The third-order valence-electron chi connectivity index (χ3n) is 24.9. The standard InChI is InChI=1S/C25H29F3N8O4.C22H26F4N6O3.C22H28F3N7O4.C21H26F4N6O3/c26-25(27,28)40-22-7-9-30-12-18(22)13-33-24-34-14-20(36(38)39)23(35-24)32-10-16-3-5-19(6-4-16)31-15-21(37)17-2-1-8-29-11-17;23-16-12-31(13-16)17-7-5-14(6-8-17)9-27-20-18(32(33)34)11-29-21(30-20)28-10-15-3-1-2-4-19(15)35-22(24,25)26;23-22(24,25)13-36-20-15(2-1-7-26-20)9-28-21-29-10-18(32(34)35)19(30-21)27-8-14-3-5-16(6-4-14)31-11-17(33)12-31;22-9-10-26-16-7-5-14(6-8-16)11-27-19-17(31(32)33)13-29-20(30-19)28-12-15-3-1-2-4-18(15)34-21(23,24)25/h1-2,7-9,11-12,14,16,19,21,31,37H,3-6,10,13,15H2,(H2,32,33,34,35);1-4,11,14,16-17H,5-10,12-13H2,(H2,27,28,29,30);1-2,7,10,14,16-17,33H,3-6,8-9,11-13H2,(H2,27,28,29,30);1-4,13-14,16,26H,5-12H2,(H2,27,28,29,30)/t16?,19?,21-;;;/m1.../s1. The molecule has 2 saturated heterocycles. The number of nitrogens with zero attached hydrogens (tertiary/aromatic N) is 17. The number of ether oxygens (including phenoxy) is 4. The van der Waals surface area contributed by atoms with Crippen molar-refractivity contribution in [1.29, 1.82) is 0 Å². The van der Waals surface area contributed by atoms with Crippen LogP contribution in [0.1, 0.15) is 137 Å². The molecule has 2 aliphatic heterocycles. The van der Waals surface area contributed by atoms with Gasteiger partial charge in [-0.25, -0.2) is 33.7 Å². The molecule has 6 fully saturated rings. The number of benzene rings is 2. The Morgan fingerprint density at radius 2 is 0.766 bits per heavy atom. The molecular weight excluding hydrogens is 1950 g/mol. The lowest BCUT2D eigenvalue weighted by atomic mass is 9.84. The average molecular weight is 2060 g/mol. The summed E-state index contributed by atoms with van der Waals surface area (Å²) in [6.07, 6.45) is 5.43. The van der Waals surface area contributed by atoms with E-state index in [1.54, 1.807) is 42.7 Å². The van der Waals surface area contributed by atoms with Crippen molar-refractivity contribution in [3.05, 3.63) is 203 Å². The van der Waals surface area contributed by atoms with Crippen LogP contribution >= 0.6 is 0 Å². The Labute approximate surface area is 819 Å². The molecule has 9 heterocycles. The summed E-state index contributed by atoms with van der Waals surface area (Å²) >= 11 is 0. The summed E-state index contributed by atoms with van der Waals surface area (Å²) in [6.45, 7) is 2.96. The van der Waals surface area contributed by atoms with E-state index in [4.69, 9.17) is 4.74 Å². The first kappa shape index (κ1) is 110. The Morgan fingerprint density at radius 1 is 0.407 bits per heavy atom. The number of hydrogen-bond acceptors (Lipinski definition) is 37. The van der Waals surface area contributed by atoms with Crippen LogP contribution in [0.4, 0.5) is 131 Å². The van der Waals surface area contributed by atoms with Crippen molar-refractivity contribution < 1.29 is 110 Å². The number of anilines is 8. The van der Waals surface area contributed by atoms with Crippen LogP contribution in [0.15, 0.2) is 135 Å². The molecule has 55 heteroatoms. The van der Waals surface area contributed by atoms with Crippen molar-refractivity contribution in [2.75, 3.05) is 121 Å². The number of aromatic nitrogens is 11. The number of likely N-dealkylation sites (tertiary alicyclic amines) is 2. The molecule has 15 rings (SSSR count). The van der Waals surface area contributed by atoms with Gasteiger partial charge in [-0.15, -0.1) is 39.5 Å². The zero-order valence-corrected chi connectivity index (χ0v) is 77.9. The lowest BCUT2D eigenvalue weighted by Crippen LogP contribution is -2.56. The molecule has 0 spiro atoms. The molecule has 0 radical (unpaired) electrons. The third-order valence-corrected chi connectivity index (χ3v) is 24.9. The first-order valence-electron chi connectivity index (χ1n) is 46.6. The number of nitrogens with one attached hydrogen (secondary N) is 10. The Bertz CT molecular complexity index is 5630. The molecule has 4 aliphatic carbocycles. The maximum absolute atomic E-state index is 13.1. The summed E-state index contributed by atoms with van der Waals surface area (Å²) in [5.74, 6) is 0.127. The fraction of sp³-hybridized carbons (Fsp3) is 0.522. The van der Waals surface area contributed by atoms with Crippen LogP contribution in [0.2, 0.25) is 0 Å². The Hall–Kier alpha value is -13.8. The topological polar surface area (TPSA) is 519 Å². The van der Waals surface area contributed by atoms with Crippen molar-refractivity contribution in [3.8, 4) is 23.1 Å². The van der Waals surface area contributed by atoms with Crippen LogP contribution in [0, 0.1) is 64.1 Å². The van der Waals surface area contributed by atoms with Crippen molar-refractivity contribution in [1.82, 2.24) is 75.3 Å². The van der Waals surface area contributed by atoms with Crippen LogP contribution in [-0.4, -0.2) is 235 Å². The molecule has 1 atom stereocenters. The van der Waals surface area contributed by atoms with E-state index in [-0.39, 0.29) is 160 Å². The summed E-state index contributed by atoms with van der Waals surface area (Å²) in [6, 6.07) is 20.5. The SMILES string of the molecule is O=[N+]([O-])c1cnc(NCc2ccccc2OC(F)(F)F)nc1NCC1CCC(N2CC(F)C2)CC1.O=[N+]([O-])c1cnc(NCc2ccccc2OC(F)(F)F)nc1NCC1CCC(NCCF)CC1.O=[N+]([O-])c1cnc(NCc2cccnc2OCC(F)(F)F)nc1NCC1CCC(N2CC(O)C2)CC1.O=[N+]([O-])c1cnc(NCc2cnccc2OC(F)(F)F)nc1NCC1CCC(NC[C@@H](O)c2cccnc2)CC1. The predicted octanol–water partition coefficient (Wildman–Crippen LogP) is 15.9. The molecule has 145 heavy (non-hydrogen) atoms. The van der Waals surface area contributed by atoms with Crippen LogP contribution in [0.25, 0.3) is 0 Å². The van der Waals surface area contributed by atoms with Crippen LogP contribution in [0.5, 0.6) is 23.1 Å². The summed E-state index contributed by atoms with van der Waals surface area (Å²) in [5.41, 5.74) is 0.480. The number of aliphatic hydroxyl groups excluding tert-OH is 2. The number of aliphatic hydroxyl groups is 2. The van der Waals surface area contributed by atoms with Gasteiger partial charge in [0.25, 0.3) is 0 Å². The van der Waals surface area contributed by atoms with Crippen molar-refractivity contribution in [2.24, 2.45) is 23.7 Å². The first-order chi connectivity index (χ1) is 69.3. The number of β-amino-alcohol motifs (C(OH)–C–C–N with tert-alkyl or cyclic N) is 1. The summed E-state index contributed by atoms with van der Waals surface area (Å²) < 4.78 is 194. The number of rotatable bonds is 42. The van der Waals surface area contributed by atoms with E-state index in [2.05, 4.69) is 132 Å². The summed E-state index contributed by atoms with van der Waals surface area (Å²) in [4.78, 5) is 92.1. The van der Waals surface area contributed by atoms with Gasteiger partial charge < -0.3 is 82.3 Å². The second-order valence-corrected chi connectivity index (χ2v) is 35.2. The predicted molar refractivity (Wildman–Crippen MR) is 499 cm³/mol. The van der Waals surface area contributed by atoms with Gasteiger partial charge in [-0.1, -0.05) is 48.5 Å². The highest BCUT2D eigenvalue weighted by Crippen LogP contribution is 2.39. The maximum atomic E-state index is 13.1. The maximum Gasteiger partial charge on any atom is 0.573 e. The number of pyridine rings is 3. The van der Waals surface area contributed by atoms with Gasteiger partial charge >= 0.3 is 48.0 Å². The molecular formula is C90H109F14N27O14. The quantitative estimate of drug-likeness (QED) is 0.00960. The molecule has 41 nitrogen and oxygen atoms in total. The molecule has 0 amide bonds. The second-order valence-electron chi connectivity index (χ2n) is 35.2. The molecule has 4 saturated carbocycles. The van der Waals surface area contributed by atoms with Gasteiger partial charge in [-0.05, 0) is 157 Å². The second kappa shape index (κ2) is 52.6. The number of nitro groups is 4. The van der Waals surface area contributed by atoms with Crippen LogP contribution in [0.3, 0.4) is 0 Å². The fourth-order valence-corrected chi connectivity index (χ4v) is 17.3. The number of para-hydroxylation sites is 2. The lowest BCUT2D eigenvalue weighted by Gasteiger charge is -2.44. The lowest BCUT2D eigenvalue weighted by molar-refractivity contribution is -0.384. The van der Waals surface area contributed by atoms with E-state index in [1.807, 2.05) is 6.07 Å². The minimum absolute atomic E-state index is 0.00464. The summed E-state index contributed by atoms with van der Waals surface area (Å²) in [5, 5.41) is 95.6. The summed E-state index contributed by atoms with van der Waals surface area (Å²) in [7, 11) is 0. The largest absolute Gasteiger partial charge is 0.573 e. The molecule has 6 aliphatic rings. The zero-order valence-electron chi connectivity index (χ0n) is 77.9. The average Bonchev–Trinajstić information content (AvgIpc) is 0.831. The van der Waals surface area contributed by atoms with Gasteiger partial charge in [-0.3, -0.25) is 60.2 Å². The number of alkyl halides is 14. The van der Waals surface area contributed by atoms with E-state index >= 15 is 0 Å². The van der Waals surface area contributed by atoms with E-state index in [0.717, 1.165) is 152 Å². The molecule has 2 aromatic carbocycles. The fourth-order valence-electron chi connectivity index (χ4n) is 17.3. The minimum Gasteiger partial charge on any atom is -0.468 e. The van der Waals surface area contributed by atoms with E-state index in [9.17, 15) is 112 Å². The van der Waals surface area contributed by atoms with Gasteiger partial charge in [-0.2, -0.15) is 33.1 Å². The smallest absolute Gasteiger partial charge is 0.468 e.